The number of piperidine rings is 1. The number of nitrogens with one attached hydrogen (secondary N) is 1. The molecule has 22 heavy (non-hydrogen) atoms. The summed E-state index contributed by atoms with van der Waals surface area (Å²) in [6.07, 6.45) is 7.41. The summed E-state index contributed by atoms with van der Waals surface area (Å²) in [5.74, 6) is 0. The normalized spacial score (nSPS) is 23.0. The van der Waals surface area contributed by atoms with Crippen LogP contribution in [0.25, 0.3) is 0 Å². The van der Waals surface area contributed by atoms with Crippen molar-refractivity contribution in [3.8, 4) is 0 Å². The van der Waals surface area contributed by atoms with E-state index in [0.29, 0.717) is 12.1 Å². The van der Waals surface area contributed by atoms with Gasteiger partial charge in [0.05, 0.1) is 23.2 Å². The molecule has 1 aliphatic heterocycles. The van der Waals surface area contributed by atoms with Gasteiger partial charge in [0.15, 0.2) is 0 Å². The second kappa shape index (κ2) is 7.59. The topological polar surface area (TPSA) is 41.1 Å². The van der Waals surface area contributed by atoms with Crippen molar-refractivity contribution in [1.82, 2.24) is 15.1 Å². The maximum atomic E-state index is 6.07. The maximum absolute atomic E-state index is 6.07. The van der Waals surface area contributed by atoms with E-state index in [2.05, 4.69) is 27.4 Å². The van der Waals surface area contributed by atoms with E-state index in [1.165, 1.54) is 11.1 Å². The molecule has 2 aromatic heterocycles. The van der Waals surface area contributed by atoms with Gasteiger partial charge in [0, 0.05) is 30.9 Å². The Bertz CT molecular complexity index is 572. The molecule has 1 saturated heterocycles. The molecule has 6 heteroatoms. The molecule has 1 N–H and O–H groups in total. The van der Waals surface area contributed by atoms with Crippen LogP contribution in [0.3, 0.4) is 0 Å². The molecular weight excluding hydrogens is 318 g/mol. The van der Waals surface area contributed by atoms with Crippen LogP contribution in [0.15, 0.2) is 23.8 Å². The summed E-state index contributed by atoms with van der Waals surface area (Å²) in [4.78, 5) is 2.50. The first-order chi connectivity index (χ1) is 10.7. The average Bonchev–Trinajstić information content (AvgIpc) is 3.14. The van der Waals surface area contributed by atoms with E-state index in [0.717, 1.165) is 43.3 Å². The molecule has 4 nitrogen and oxygen atoms in total. The Balaban J connectivity index is 1.40. The summed E-state index contributed by atoms with van der Waals surface area (Å²) in [5, 5.41) is 9.00. The monoisotopic (exact) mass is 339 g/mol. The number of likely N-dealkylation sites (tertiary alicyclic amines) is 1. The van der Waals surface area contributed by atoms with Gasteiger partial charge in [-0.2, -0.15) is 5.10 Å². The molecule has 3 heterocycles. The smallest absolute Gasteiger partial charge is 0.0931 e. The van der Waals surface area contributed by atoms with E-state index in [4.69, 9.17) is 16.3 Å². The van der Waals surface area contributed by atoms with Crippen molar-refractivity contribution < 1.29 is 4.74 Å². The van der Waals surface area contributed by atoms with Gasteiger partial charge in [0.2, 0.25) is 0 Å². The van der Waals surface area contributed by atoms with E-state index < -0.39 is 0 Å². The van der Waals surface area contributed by atoms with Crippen LogP contribution in [0.1, 0.15) is 30.9 Å². The number of nitrogens with zero attached hydrogens (tertiary/aromatic N) is 2. The fourth-order valence-electron chi connectivity index (χ4n) is 2.98. The summed E-state index contributed by atoms with van der Waals surface area (Å²) in [7, 11) is 0. The number of ether oxygens (including phenoxy) is 1. The van der Waals surface area contributed by atoms with Crippen LogP contribution < -0.4 is 0 Å². The number of H-pyrrole nitrogens is 1. The number of hydrogen-bond donors (Lipinski definition) is 1. The molecule has 2 aromatic rings. The largest absolute Gasteiger partial charge is 0.378 e. The van der Waals surface area contributed by atoms with Gasteiger partial charge in [0.1, 0.15) is 0 Å². The van der Waals surface area contributed by atoms with Gasteiger partial charge in [-0.15, -0.1) is 11.3 Å². The van der Waals surface area contributed by atoms with Crippen molar-refractivity contribution in [2.45, 2.75) is 44.9 Å². The molecule has 1 unspecified atom stereocenters. The van der Waals surface area contributed by atoms with Crippen molar-refractivity contribution in [2.75, 3.05) is 13.2 Å². The Morgan fingerprint density at radius 2 is 2.41 bits per heavy atom. The maximum Gasteiger partial charge on any atom is 0.0931 e. The Labute approximate surface area is 140 Å². The molecule has 0 aliphatic carbocycles. The third-order valence-electron chi connectivity index (χ3n) is 4.27. The van der Waals surface area contributed by atoms with Crippen LogP contribution in [0.4, 0.5) is 0 Å². The van der Waals surface area contributed by atoms with Crippen molar-refractivity contribution in [1.29, 1.82) is 0 Å². The molecular formula is C16H22ClN3OS. The van der Waals surface area contributed by atoms with Crippen LogP contribution in [0.5, 0.6) is 0 Å². The van der Waals surface area contributed by atoms with Crippen molar-refractivity contribution >= 4 is 22.9 Å². The van der Waals surface area contributed by atoms with Gasteiger partial charge in [-0.25, -0.2) is 0 Å². The van der Waals surface area contributed by atoms with Gasteiger partial charge in [-0.05, 0) is 43.2 Å². The zero-order valence-electron chi connectivity index (χ0n) is 12.8. The lowest BCUT2D eigenvalue weighted by Gasteiger charge is -2.37. The fraction of sp³-hybridized carbons (Fsp3) is 0.562. The van der Waals surface area contributed by atoms with Crippen LogP contribution in [0.2, 0.25) is 4.34 Å². The lowest BCUT2D eigenvalue weighted by atomic mass is 10.00. The fourth-order valence-corrected chi connectivity index (χ4v) is 3.93. The van der Waals surface area contributed by atoms with Gasteiger partial charge in [0.25, 0.3) is 0 Å². The van der Waals surface area contributed by atoms with Crippen LogP contribution in [-0.2, 0) is 17.7 Å². The number of rotatable bonds is 6. The molecule has 0 bridgehead atoms. The average molecular weight is 340 g/mol. The zero-order chi connectivity index (χ0) is 15.4. The predicted octanol–water partition coefficient (Wildman–Crippen LogP) is 3.74. The number of halogens is 1. The lowest BCUT2D eigenvalue weighted by molar-refractivity contribution is -0.0127. The number of hydrogen-bond acceptors (Lipinski definition) is 4. The summed E-state index contributed by atoms with van der Waals surface area (Å²) in [6.45, 7) is 5.12. The second-order valence-corrected chi connectivity index (χ2v) is 7.49. The number of aromatic amines is 1. The van der Waals surface area contributed by atoms with E-state index in [1.807, 2.05) is 18.5 Å². The second-order valence-electron chi connectivity index (χ2n) is 5.95. The highest BCUT2D eigenvalue weighted by Gasteiger charge is 2.25. The summed E-state index contributed by atoms with van der Waals surface area (Å²) in [6, 6.07) is 2.58. The molecule has 2 atom stereocenters. The first kappa shape index (κ1) is 16.0. The molecule has 0 amide bonds. The highest BCUT2D eigenvalue weighted by molar-refractivity contribution is 7.14. The van der Waals surface area contributed by atoms with Gasteiger partial charge in [-0.3, -0.25) is 10.00 Å². The predicted molar refractivity (Wildman–Crippen MR) is 90.5 cm³/mol. The van der Waals surface area contributed by atoms with Crippen LogP contribution in [0, 0.1) is 0 Å². The zero-order valence-corrected chi connectivity index (χ0v) is 14.4. The molecule has 0 saturated carbocycles. The highest BCUT2D eigenvalue weighted by atomic mass is 35.5. The number of aromatic nitrogens is 2. The minimum Gasteiger partial charge on any atom is -0.378 e. The summed E-state index contributed by atoms with van der Waals surface area (Å²) in [5.41, 5.74) is 2.53. The third-order valence-corrected chi connectivity index (χ3v) is 5.41. The molecule has 0 spiro atoms. The molecule has 1 fully saturated rings. The first-order valence-corrected chi connectivity index (χ1v) is 9.02. The van der Waals surface area contributed by atoms with Crippen molar-refractivity contribution in [3.05, 3.63) is 39.3 Å². The number of thiophene rings is 1. The Morgan fingerprint density at radius 1 is 1.50 bits per heavy atom. The quantitative estimate of drug-likeness (QED) is 0.871. The molecule has 120 valence electrons. The van der Waals surface area contributed by atoms with E-state index in [9.17, 15) is 0 Å². The minimum atomic E-state index is 0.379. The molecule has 1 aliphatic rings. The Hall–Kier alpha value is -0.880. The highest BCUT2D eigenvalue weighted by Crippen LogP contribution is 2.23. The van der Waals surface area contributed by atoms with Gasteiger partial charge >= 0.3 is 0 Å². The van der Waals surface area contributed by atoms with E-state index in [-0.39, 0.29) is 0 Å². The molecule has 3 rings (SSSR count). The van der Waals surface area contributed by atoms with Crippen molar-refractivity contribution in [2.24, 2.45) is 0 Å². The van der Waals surface area contributed by atoms with Gasteiger partial charge < -0.3 is 4.74 Å². The summed E-state index contributed by atoms with van der Waals surface area (Å²) >= 11 is 7.54. The van der Waals surface area contributed by atoms with E-state index >= 15 is 0 Å². The third kappa shape index (κ3) is 4.32. The van der Waals surface area contributed by atoms with Crippen molar-refractivity contribution in [3.63, 3.8) is 0 Å². The lowest BCUT2D eigenvalue weighted by Crippen LogP contribution is -2.43. The SMILES string of the molecule is C[C@H]1CC(OCCc2csc(Cl)c2)CCN1Cc1cn[nH]c1. The standard InChI is InChI=1S/C16H22ClN3OS/c1-12-6-15(21-5-3-13-7-16(17)22-11-13)2-4-20(12)10-14-8-18-19-9-14/h7-9,11-12,15H,2-6,10H2,1H3,(H,18,19)/t12-,15?/m0/s1. The first-order valence-electron chi connectivity index (χ1n) is 7.77. The van der Waals surface area contributed by atoms with Gasteiger partial charge in [-0.1, -0.05) is 11.6 Å². The van der Waals surface area contributed by atoms with Crippen LogP contribution in [-0.4, -0.2) is 40.4 Å². The summed E-state index contributed by atoms with van der Waals surface area (Å²) < 4.78 is 6.92. The molecule has 0 radical (unpaired) electrons. The Kier molecular flexibility index (Phi) is 5.52. The molecule has 0 aromatic carbocycles. The van der Waals surface area contributed by atoms with Crippen LogP contribution >= 0.6 is 22.9 Å². The van der Waals surface area contributed by atoms with E-state index in [1.54, 1.807) is 11.3 Å². The Morgan fingerprint density at radius 3 is 3.09 bits per heavy atom. The minimum absolute atomic E-state index is 0.379.